The lowest BCUT2D eigenvalue weighted by atomic mass is 10.00. The molecule has 0 bridgehead atoms. The highest BCUT2D eigenvalue weighted by atomic mass is 16.3. The van der Waals surface area contributed by atoms with Crippen molar-refractivity contribution >= 4 is 11.7 Å². The summed E-state index contributed by atoms with van der Waals surface area (Å²) in [5, 5.41) is 14.7. The van der Waals surface area contributed by atoms with E-state index in [4.69, 9.17) is 0 Å². The van der Waals surface area contributed by atoms with Crippen molar-refractivity contribution in [1.82, 2.24) is 10.6 Å². The van der Waals surface area contributed by atoms with E-state index in [1.165, 1.54) is 13.8 Å². The average molecular weight is 230 g/mol. The van der Waals surface area contributed by atoms with Crippen molar-refractivity contribution in [3.63, 3.8) is 0 Å². The van der Waals surface area contributed by atoms with Crippen molar-refractivity contribution in [3.8, 4) is 0 Å². The molecular weight excluding hydrogens is 208 g/mol. The molecule has 1 amide bonds. The Bertz CT molecular complexity index is 252. The van der Waals surface area contributed by atoms with Crippen molar-refractivity contribution in [1.29, 1.82) is 0 Å². The maximum Gasteiger partial charge on any atom is 0.240 e. The number of nitrogens with one attached hydrogen (secondary N) is 2. The molecule has 0 saturated heterocycles. The fraction of sp³-hybridized carbons (Fsp3) is 0.818. The van der Waals surface area contributed by atoms with Crippen LogP contribution in [0, 0.1) is 5.92 Å². The second kappa shape index (κ2) is 6.60. The lowest BCUT2D eigenvalue weighted by Crippen LogP contribution is -2.54. The standard InChI is InChI=1S/C11H22N2O3/c1-6(2)9(7(3)14)13-11(16)10(12-5)8(4)15/h6,8-10,12,15H,1-5H3,(H,13,16)/t8-,9+,10+/m1/s1. The third-order valence-electron chi connectivity index (χ3n) is 2.48. The van der Waals surface area contributed by atoms with Gasteiger partial charge in [-0.25, -0.2) is 0 Å². The molecule has 0 aliphatic heterocycles. The summed E-state index contributed by atoms with van der Waals surface area (Å²) in [6.45, 7) is 6.70. The Morgan fingerprint density at radius 1 is 1.12 bits per heavy atom. The number of carbonyl (C=O) groups excluding carboxylic acids is 2. The molecule has 16 heavy (non-hydrogen) atoms. The monoisotopic (exact) mass is 230 g/mol. The van der Waals surface area contributed by atoms with Crippen molar-refractivity contribution < 1.29 is 14.7 Å². The molecule has 0 aliphatic rings. The van der Waals surface area contributed by atoms with E-state index in [0.29, 0.717) is 0 Å². The Morgan fingerprint density at radius 3 is 1.88 bits per heavy atom. The van der Waals surface area contributed by atoms with Gasteiger partial charge in [0, 0.05) is 0 Å². The fourth-order valence-corrected chi connectivity index (χ4v) is 1.57. The molecule has 0 rings (SSSR count). The number of aliphatic hydroxyl groups is 1. The lowest BCUT2D eigenvalue weighted by Gasteiger charge is -2.24. The minimum atomic E-state index is -0.801. The Labute approximate surface area is 96.6 Å². The molecule has 0 spiro atoms. The van der Waals surface area contributed by atoms with Gasteiger partial charge in [-0.3, -0.25) is 9.59 Å². The molecule has 3 atom stereocenters. The van der Waals surface area contributed by atoms with Gasteiger partial charge in [0.15, 0.2) is 5.78 Å². The van der Waals surface area contributed by atoms with E-state index in [2.05, 4.69) is 10.6 Å². The molecule has 0 unspecified atom stereocenters. The summed E-state index contributed by atoms with van der Waals surface area (Å²) in [5.74, 6) is -0.400. The maximum absolute atomic E-state index is 11.7. The average Bonchev–Trinajstić information content (AvgIpc) is 2.13. The number of aliphatic hydroxyl groups excluding tert-OH is 1. The molecule has 94 valence electrons. The normalized spacial score (nSPS) is 16.7. The summed E-state index contributed by atoms with van der Waals surface area (Å²) < 4.78 is 0. The van der Waals surface area contributed by atoms with Crippen molar-refractivity contribution in [2.24, 2.45) is 5.92 Å². The Morgan fingerprint density at radius 2 is 1.62 bits per heavy atom. The molecule has 0 fully saturated rings. The van der Waals surface area contributed by atoms with Crippen molar-refractivity contribution in [3.05, 3.63) is 0 Å². The van der Waals surface area contributed by atoms with Crippen LogP contribution in [0.3, 0.4) is 0 Å². The van der Waals surface area contributed by atoms with Gasteiger partial charge in [0.05, 0.1) is 12.1 Å². The summed E-state index contributed by atoms with van der Waals surface area (Å²) in [6, 6.07) is -1.19. The zero-order valence-electron chi connectivity index (χ0n) is 10.6. The second-order valence-corrected chi connectivity index (χ2v) is 4.35. The number of rotatable bonds is 6. The number of amides is 1. The first kappa shape index (κ1) is 15.1. The predicted molar refractivity (Wildman–Crippen MR) is 62.0 cm³/mol. The van der Waals surface area contributed by atoms with Crippen LogP contribution >= 0.6 is 0 Å². The summed E-state index contributed by atoms with van der Waals surface area (Å²) in [6.07, 6.45) is -0.801. The van der Waals surface area contributed by atoms with E-state index in [-0.39, 0.29) is 17.6 Å². The Balaban J connectivity index is 4.56. The summed E-state index contributed by atoms with van der Waals surface area (Å²) in [5.41, 5.74) is 0. The Hall–Kier alpha value is -0.940. The van der Waals surface area contributed by atoms with Gasteiger partial charge >= 0.3 is 0 Å². The van der Waals surface area contributed by atoms with Gasteiger partial charge in [-0.05, 0) is 26.8 Å². The highest BCUT2D eigenvalue weighted by Gasteiger charge is 2.27. The van der Waals surface area contributed by atoms with Gasteiger partial charge in [-0.1, -0.05) is 13.8 Å². The SMILES string of the molecule is CN[C@H](C(=O)N[C@H](C(C)=O)C(C)C)[C@@H](C)O. The van der Waals surface area contributed by atoms with E-state index in [1.807, 2.05) is 13.8 Å². The van der Waals surface area contributed by atoms with E-state index in [0.717, 1.165) is 0 Å². The molecule has 3 N–H and O–H groups in total. The molecule has 0 aromatic rings. The molecule has 0 radical (unpaired) electrons. The van der Waals surface area contributed by atoms with Crippen LogP contribution in [0.25, 0.3) is 0 Å². The fourth-order valence-electron chi connectivity index (χ4n) is 1.57. The number of carbonyl (C=O) groups is 2. The Kier molecular flexibility index (Phi) is 6.21. The van der Waals surface area contributed by atoms with Crippen LogP contribution in [-0.2, 0) is 9.59 Å². The first-order valence-corrected chi connectivity index (χ1v) is 5.47. The minimum absolute atomic E-state index is 0.0351. The van der Waals surface area contributed by atoms with E-state index < -0.39 is 18.2 Å². The smallest absolute Gasteiger partial charge is 0.240 e. The first-order chi connectivity index (χ1) is 7.31. The first-order valence-electron chi connectivity index (χ1n) is 5.47. The van der Waals surface area contributed by atoms with E-state index >= 15 is 0 Å². The van der Waals surface area contributed by atoms with Crippen molar-refractivity contribution in [2.45, 2.75) is 45.9 Å². The topological polar surface area (TPSA) is 78.4 Å². The van der Waals surface area contributed by atoms with Crippen molar-refractivity contribution in [2.75, 3.05) is 7.05 Å². The quantitative estimate of drug-likeness (QED) is 0.584. The van der Waals surface area contributed by atoms with Crippen LogP contribution in [-0.4, -0.2) is 42.0 Å². The highest BCUT2D eigenvalue weighted by molar-refractivity contribution is 5.90. The number of Topliss-reactive ketones (excluding diaryl/α,β-unsaturated/α-hetero) is 1. The van der Waals surface area contributed by atoms with Crippen LogP contribution in [0.1, 0.15) is 27.7 Å². The minimum Gasteiger partial charge on any atom is -0.391 e. The van der Waals surface area contributed by atoms with Gasteiger partial charge < -0.3 is 15.7 Å². The van der Waals surface area contributed by atoms with E-state index in [9.17, 15) is 14.7 Å². The molecule has 0 aromatic carbocycles. The van der Waals surface area contributed by atoms with Crippen LogP contribution in [0.5, 0.6) is 0 Å². The third kappa shape index (κ3) is 4.28. The van der Waals surface area contributed by atoms with Gasteiger partial charge in [0.1, 0.15) is 6.04 Å². The number of ketones is 1. The predicted octanol–water partition coefficient (Wildman–Crippen LogP) is -0.315. The van der Waals surface area contributed by atoms with Gasteiger partial charge in [0.25, 0.3) is 0 Å². The second-order valence-electron chi connectivity index (χ2n) is 4.35. The molecule has 0 saturated carbocycles. The number of likely N-dealkylation sites (N-methyl/N-ethyl adjacent to an activating group) is 1. The number of hydrogen-bond acceptors (Lipinski definition) is 4. The van der Waals surface area contributed by atoms with E-state index in [1.54, 1.807) is 7.05 Å². The van der Waals surface area contributed by atoms with Crippen LogP contribution < -0.4 is 10.6 Å². The van der Waals surface area contributed by atoms with Gasteiger partial charge in [0.2, 0.25) is 5.91 Å². The lowest BCUT2D eigenvalue weighted by molar-refractivity contribution is -0.130. The zero-order chi connectivity index (χ0) is 12.9. The molecule has 5 heteroatoms. The van der Waals surface area contributed by atoms with Crippen LogP contribution in [0.2, 0.25) is 0 Å². The summed E-state index contributed by atoms with van der Waals surface area (Å²) >= 11 is 0. The molecule has 0 aromatic heterocycles. The van der Waals surface area contributed by atoms with Gasteiger partial charge in [-0.15, -0.1) is 0 Å². The van der Waals surface area contributed by atoms with Gasteiger partial charge in [-0.2, -0.15) is 0 Å². The summed E-state index contributed by atoms with van der Waals surface area (Å²) in [7, 11) is 1.59. The van der Waals surface area contributed by atoms with Crippen LogP contribution in [0.15, 0.2) is 0 Å². The number of hydrogen-bond donors (Lipinski definition) is 3. The molecular formula is C11H22N2O3. The highest BCUT2D eigenvalue weighted by Crippen LogP contribution is 2.04. The third-order valence-corrected chi connectivity index (χ3v) is 2.48. The summed E-state index contributed by atoms with van der Waals surface area (Å²) in [4.78, 5) is 23.1. The maximum atomic E-state index is 11.7. The largest absolute Gasteiger partial charge is 0.391 e. The zero-order valence-corrected chi connectivity index (χ0v) is 10.6. The molecule has 0 heterocycles. The molecule has 5 nitrogen and oxygen atoms in total. The molecule has 0 aliphatic carbocycles. The van der Waals surface area contributed by atoms with Crippen LogP contribution in [0.4, 0.5) is 0 Å².